The van der Waals surface area contributed by atoms with Crippen molar-refractivity contribution in [2.45, 2.75) is 25.4 Å². The predicted octanol–water partition coefficient (Wildman–Crippen LogP) is 2.90. The molecule has 0 amide bonds. The van der Waals surface area contributed by atoms with Crippen LogP contribution in [0.2, 0.25) is 0 Å². The van der Waals surface area contributed by atoms with E-state index in [-0.39, 0.29) is 11.5 Å². The SMILES string of the molecule is C=CCn1c(C)cc(C(=O)CSc2cccc[n+]2[O-])c1C. The maximum Gasteiger partial charge on any atom is 0.251 e. The molecule has 0 unspecified atom stereocenters. The molecule has 0 radical (unpaired) electrons. The van der Waals surface area contributed by atoms with Crippen molar-refractivity contribution in [1.82, 2.24) is 4.57 Å². The summed E-state index contributed by atoms with van der Waals surface area (Å²) < 4.78 is 2.83. The lowest BCUT2D eigenvalue weighted by Crippen LogP contribution is -2.28. The number of ketones is 1. The number of nitrogens with zero attached hydrogens (tertiary/aromatic N) is 2. The Bertz CT molecular complexity index is 677. The van der Waals surface area contributed by atoms with Crippen LogP contribution in [0, 0.1) is 19.1 Å². The number of aromatic nitrogens is 2. The van der Waals surface area contributed by atoms with Crippen LogP contribution in [0.4, 0.5) is 0 Å². The topological polar surface area (TPSA) is 48.9 Å². The van der Waals surface area contributed by atoms with Crippen LogP contribution in [0.5, 0.6) is 0 Å². The average molecular weight is 302 g/mol. The number of pyridine rings is 1. The number of hydrogen-bond donors (Lipinski definition) is 0. The van der Waals surface area contributed by atoms with Gasteiger partial charge in [-0.3, -0.25) is 4.79 Å². The van der Waals surface area contributed by atoms with E-state index < -0.39 is 0 Å². The van der Waals surface area contributed by atoms with Crippen LogP contribution in [0.25, 0.3) is 0 Å². The number of carbonyl (C=O) groups is 1. The first kappa shape index (κ1) is 15.4. The third-order valence-electron chi connectivity index (χ3n) is 3.33. The molecule has 2 aromatic rings. The summed E-state index contributed by atoms with van der Waals surface area (Å²) in [5.41, 5.74) is 2.70. The number of rotatable bonds is 6. The molecule has 2 heterocycles. The summed E-state index contributed by atoms with van der Waals surface area (Å²) in [5, 5.41) is 12.1. The summed E-state index contributed by atoms with van der Waals surface area (Å²) in [6.07, 6.45) is 3.25. The summed E-state index contributed by atoms with van der Waals surface area (Å²) in [5.74, 6) is 0.289. The second-order valence-electron chi connectivity index (χ2n) is 4.76. The minimum absolute atomic E-state index is 0.0345. The van der Waals surface area contributed by atoms with Crippen LogP contribution < -0.4 is 4.73 Å². The highest BCUT2D eigenvalue weighted by atomic mass is 32.2. The maximum absolute atomic E-state index is 12.3. The molecule has 0 fully saturated rings. The van der Waals surface area contributed by atoms with Gasteiger partial charge in [0.15, 0.2) is 12.0 Å². The van der Waals surface area contributed by atoms with E-state index in [2.05, 4.69) is 11.1 Å². The van der Waals surface area contributed by atoms with Gasteiger partial charge >= 0.3 is 0 Å². The number of Topliss-reactive ketones (excluding diaryl/α,β-unsaturated/α-hetero) is 1. The molecular weight excluding hydrogens is 284 g/mol. The van der Waals surface area contributed by atoms with E-state index in [1.165, 1.54) is 18.0 Å². The highest BCUT2D eigenvalue weighted by Crippen LogP contribution is 2.20. The Kier molecular flexibility index (Phi) is 4.85. The zero-order valence-electron chi connectivity index (χ0n) is 12.2. The summed E-state index contributed by atoms with van der Waals surface area (Å²) in [7, 11) is 0. The van der Waals surface area contributed by atoms with Crippen LogP contribution >= 0.6 is 11.8 Å². The number of aryl methyl sites for hydroxylation is 1. The van der Waals surface area contributed by atoms with Crippen LogP contribution in [0.15, 0.2) is 48.1 Å². The van der Waals surface area contributed by atoms with E-state index in [0.29, 0.717) is 11.6 Å². The summed E-state index contributed by atoms with van der Waals surface area (Å²) in [4.78, 5) is 12.3. The minimum atomic E-state index is 0.0345. The van der Waals surface area contributed by atoms with E-state index in [9.17, 15) is 10.0 Å². The third kappa shape index (κ3) is 3.36. The van der Waals surface area contributed by atoms with Gasteiger partial charge in [-0.2, -0.15) is 4.73 Å². The molecule has 0 spiro atoms. The first-order valence-corrected chi connectivity index (χ1v) is 7.65. The molecule has 4 nitrogen and oxygen atoms in total. The van der Waals surface area contributed by atoms with E-state index in [1.807, 2.05) is 26.0 Å². The van der Waals surface area contributed by atoms with E-state index in [0.717, 1.165) is 21.7 Å². The zero-order valence-corrected chi connectivity index (χ0v) is 13.0. The van der Waals surface area contributed by atoms with Gasteiger partial charge in [-0.1, -0.05) is 6.08 Å². The second-order valence-corrected chi connectivity index (χ2v) is 5.76. The number of hydrogen-bond acceptors (Lipinski definition) is 3. The standard InChI is InChI=1S/C16H18N2O2S/c1-4-8-17-12(2)10-14(13(17)3)15(19)11-21-16-7-5-6-9-18(16)20/h4-7,9-10H,1,8,11H2,2-3H3. The normalized spacial score (nSPS) is 10.6. The minimum Gasteiger partial charge on any atom is -0.618 e. The van der Waals surface area contributed by atoms with Crippen molar-refractivity contribution >= 4 is 17.5 Å². The Balaban J connectivity index is 2.12. The fourth-order valence-corrected chi connectivity index (χ4v) is 3.03. The molecule has 21 heavy (non-hydrogen) atoms. The van der Waals surface area contributed by atoms with E-state index in [1.54, 1.807) is 18.2 Å². The van der Waals surface area contributed by atoms with Crippen LogP contribution in [0.3, 0.4) is 0 Å². The van der Waals surface area contributed by atoms with Gasteiger partial charge in [0, 0.05) is 35.6 Å². The molecule has 2 aromatic heterocycles. The molecule has 0 saturated heterocycles. The average Bonchev–Trinajstić information content (AvgIpc) is 2.75. The van der Waals surface area contributed by atoms with Crippen LogP contribution in [-0.2, 0) is 6.54 Å². The van der Waals surface area contributed by atoms with Gasteiger partial charge in [-0.25, -0.2) is 0 Å². The van der Waals surface area contributed by atoms with Crippen molar-refractivity contribution < 1.29 is 9.52 Å². The van der Waals surface area contributed by atoms with Crippen LogP contribution in [0.1, 0.15) is 21.7 Å². The summed E-state index contributed by atoms with van der Waals surface area (Å²) in [6, 6.07) is 7.07. The fourth-order valence-electron chi connectivity index (χ4n) is 2.24. The van der Waals surface area contributed by atoms with Crippen molar-refractivity contribution in [3.63, 3.8) is 0 Å². The van der Waals surface area contributed by atoms with Gasteiger partial charge in [0.1, 0.15) is 0 Å². The van der Waals surface area contributed by atoms with Crippen molar-refractivity contribution in [1.29, 1.82) is 0 Å². The third-order valence-corrected chi connectivity index (χ3v) is 4.34. The Morgan fingerprint density at radius 1 is 1.48 bits per heavy atom. The lowest BCUT2D eigenvalue weighted by atomic mass is 10.2. The maximum atomic E-state index is 12.3. The number of allylic oxidation sites excluding steroid dienone is 1. The van der Waals surface area contributed by atoms with Crippen molar-refractivity contribution in [2.24, 2.45) is 0 Å². The Hall–Kier alpha value is -2.01. The van der Waals surface area contributed by atoms with Gasteiger partial charge in [-0.15, -0.1) is 6.58 Å². The van der Waals surface area contributed by atoms with Gasteiger partial charge in [0.05, 0.1) is 5.75 Å². The molecule has 2 rings (SSSR count). The van der Waals surface area contributed by atoms with E-state index >= 15 is 0 Å². The second kappa shape index (κ2) is 6.63. The molecule has 0 aliphatic heterocycles. The molecule has 0 bridgehead atoms. The molecular formula is C16H18N2O2S. The molecule has 110 valence electrons. The quantitative estimate of drug-likeness (QED) is 0.271. The van der Waals surface area contributed by atoms with E-state index in [4.69, 9.17) is 0 Å². The predicted molar refractivity (Wildman–Crippen MR) is 84.6 cm³/mol. The molecule has 0 N–H and O–H groups in total. The van der Waals surface area contributed by atoms with Crippen molar-refractivity contribution in [2.75, 3.05) is 5.75 Å². The molecule has 0 aliphatic carbocycles. The number of carbonyl (C=O) groups excluding carboxylic acids is 1. The number of thioether (sulfide) groups is 1. The monoisotopic (exact) mass is 302 g/mol. The molecule has 0 aliphatic rings. The van der Waals surface area contributed by atoms with Crippen LogP contribution in [-0.4, -0.2) is 16.1 Å². The van der Waals surface area contributed by atoms with Gasteiger partial charge in [0.2, 0.25) is 0 Å². The largest absolute Gasteiger partial charge is 0.618 e. The first-order chi connectivity index (χ1) is 10.0. The Morgan fingerprint density at radius 2 is 2.24 bits per heavy atom. The lowest BCUT2D eigenvalue weighted by molar-refractivity contribution is -0.645. The molecule has 0 aromatic carbocycles. The molecule has 0 atom stereocenters. The van der Waals surface area contributed by atoms with Crippen molar-refractivity contribution in [3.8, 4) is 0 Å². The summed E-state index contributed by atoms with van der Waals surface area (Å²) >= 11 is 1.26. The zero-order chi connectivity index (χ0) is 15.4. The Labute approximate surface area is 128 Å². The van der Waals surface area contributed by atoms with Gasteiger partial charge in [-0.05, 0) is 37.7 Å². The van der Waals surface area contributed by atoms with Crippen molar-refractivity contribution in [3.05, 3.63) is 65.3 Å². The highest BCUT2D eigenvalue weighted by Gasteiger charge is 2.16. The van der Waals surface area contributed by atoms with Gasteiger partial charge in [0.25, 0.3) is 5.03 Å². The molecule has 5 heteroatoms. The summed E-state index contributed by atoms with van der Waals surface area (Å²) in [6.45, 7) is 8.33. The Morgan fingerprint density at radius 3 is 2.90 bits per heavy atom. The molecule has 0 saturated carbocycles. The highest BCUT2D eigenvalue weighted by molar-refractivity contribution is 7.99. The fraction of sp³-hybridized carbons (Fsp3) is 0.250. The van der Waals surface area contributed by atoms with Gasteiger partial charge < -0.3 is 9.77 Å². The smallest absolute Gasteiger partial charge is 0.251 e. The lowest BCUT2D eigenvalue weighted by Gasteiger charge is -2.06. The first-order valence-electron chi connectivity index (χ1n) is 6.66.